The van der Waals surface area contributed by atoms with Crippen LogP contribution in [0.25, 0.3) is 0 Å². The summed E-state index contributed by atoms with van der Waals surface area (Å²) < 4.78 is 9.75. The van der Waals surface area contributed by atoms with E-state index in [1.807, 2.05) is 33.0 Å². The van der Waals surface area contributed by atoms with E-state index < -0.39 is 97.5 Å². The molecule has 0 radical (unpaired) electrons. The summed E-state index contributed by atoms with van der Waals surface area (Å²) in [6.07, 6.45) is -1.29. The van der Waals surface area contributed by atoms with Gasteiger partial charge in [0.25, 0.3) is 0 Å². The number of unbranched alkanes of at least 4 members (excludes halogenated alkanes) is 1. The Balaban J connectivity index is -0.000000594. The summed E-state index contributed by atoms with van der Waals surface area (Å²) in [6.45, 7) is 19.5. The fourth-order valence-electron chi connectivity index (χ4n) is 3.84. The van der Waals surface area contributed by atoms with Crippen molar-refractivity contribution < 1.29 is 73.1 Å². The van der Waals surface area contributed by atoms with E-state index in [0.29, 0.717) is 6.61 Å². The van der Waals surface area contributed by atoms with Gasteiger partial charge in [0.1, 0.15) is 24.7 Å². The van der Waals surface area contributed by atoms with Crippen molar-refractivity contribution in [1.82, 2.24) is 31.9 Å². The van der Waals surface area contributed by atoms with Gasteiger partial charge >= 0.3 is 30.0 Å². The van der Waals surface area contributed by atoms with E-state index >= 15 is 0 Å². The van der Waals surface area contributed by atoms with E-state index in [0.717, 1.165) is 24.6 Å². The van der Waals surface area contributed by atoms with Crippen molar-refractivity contribution in [1.29, 1.82) is 0 Å². The standard InChI is InChI=1S/C21H33N5O12.C12H25NO3S2.2C2H6/c1-10(2)23-9-15(28)24-11(3-4-16(29)30)19(35)22-6-5-14(27)25-12(7-17(31)32)20(36)26-13(21(37)38)8-18(33)34;1-4-5-6-13-7-9-17-18-10-8-15-12(14)16-11(2)3;2*1-2/h10-13,23H,3-9H2,1-2H3,(H,22,35)(H,24,28)(H,25,27)(H,26,36)(H,29,30)(H,31,32)(H,33,34)(H,37,38);11,13H,4-10H2,1-3H3;2*1-2H3/t11?,12?,13-;;;/m0.../s1. The van der Waals surface area contributed by atoms with Crippen LogP contribution >= 0.6 is 21.6 Å². The van der Waals surface area contributed by atoms with Crippen molar-refractivity contribution in [2.75, 3.05) is 44.3 Å². The molecular weight excluding hydrogens is 833 g/mol. The minimum Gasteiger partial charge on any atom is -0.481 e. The van der Waals surface area contributed by atoms with Crippen LogP contribution in [-0.2, 0) is 47.8 Å². The lowest BCUT2D eigenvalue weighted by Crippen LogP contribution is -2.53. The molecule has 0 fully saturated rings. The lowest BCUT2D eigenvalue weighted by Gasteiger charge is -2.20. The molecule has 2 unspecified atom stereocenters. The number of carbonyl (C=O) groups excluding carboxylic acids is 5. The van der Waals surface area contributed by atoms with Crippen LogP contribution in [0, 0.1) is 0 Å². The molecule has 10 N–H and O–H groups in total. The van der Waals surface area contributed by atoms with Gasteiger partial charge in [-0.1, -0.05) is 76.5 Å². The SMILES string of the molecule is CC.CC.CC(C)NCC(=O)NC(CCC(=O)O)C(=O)NCCC(=O)NC(CC(=O)O)C(=O)N[C@@H](CC(=O)O)C(=O)O.CCCCNCCSSCCOC(=O)OC(C)C. The Morgan fingerprint density at radius 3 is 1.72 bits per heavy atom. The zero-order valence-corrected chi connectivity index (χ0v) is 38.0. The van der Waals surface area contributed by atoms with Gasteiger partial charge < -0.3 is 61.8 Å². The minimum absolute atomic E-state index is 0.0234. The Bertz CT molecular complexity index is 1260. The zero-order chi connectivity index (χ0) is 47.1. The second-order valence-corrected chi connectivity index (χ2v) is 15.1. The van der Waals surface area contributed by atoms with Crippen molar-refractivity contribution in [3.05, 3.63) is 0 Å². The van der Waals surface area contributed by atoms with Gasteiger partial charge in [0.2, 0.25) is 23.6 Å². The highest BCUT2D eigenvalue weighted by molar-refractivity contribution is 8.76. The van der Waals surface area contributed by atoms with Gasteiger partial charge in [-0.3, -0.25) is 33.6 Å². The fourth-order valence-corrected chi connectivity index (χ4v) is 5.62. The number of carboxylic acid groups (broad SMARTS) is 4. The molecule has 4 amide bonds. The van der Waals surface area contributed by atoms with E-state index in [9.17, 15) is 43.2 Å². The third-order valence-electron chi connectivity index (χ3n) is 6.52. The third kappa shape index (κ3) is 41.8. The zero-order valence-electron chi connectivity index (χ0n) is 36.4. The van der Waals surface area contributed by atoms with Gasteiger partial charge in [0.15, 0.2) is 0 Å². The second kappa shape index (κ2) is 41.4. The third-order valence-corrected chi connectivity index (χ3v) is 8.89. The number of carboxylic acids is 4. The number of hydrogen-bond donors (Lipinski definition) is 10. The predicted octanol–water partition coefficient (Wildman–Crippen LogP) is 2.22. The van der Waals surface area contributed by atoms with Gasteiger partial charge in [0, 0.05) is 43.5 Å². The van der Waals surface area contributed by atoms with Gasteiger partial charge in [-0.05, 0) is 33.2 Å². The molecule has 0 aliphatic heterocycles. The first-order chi connectivity index (χ1) is 28.3. The van der Waals surface area contributed by atoms with Gasteiger partial charge in [-0.25, -0.2) is 9.59 Å². The molecule has 0 heterocycles. The maximum Gasteiger partial charge on any atom is 0.508 e. The van der Waals surface area contributed by atoms with Crippen LogP contribution in [0.1, 0.15) is 107 Å². The number of carbonyl (C=O) groups is 9. The Labute approximate surface area is 361 Å². The monoisotopic (exact) mass is 902 g/mol. The summed E-state index contributed by atoms with van der Waals surface area (Å²) in [5.74, 6) is -7.58. The number of aliphatic carboxylic acids is 4. The normalized spacial score (nSPS) is 11.6. The minimum atomic E-state index is -1.87. The fraction of sp³-hybridized carbons (Fsp3) is 0.757. The number of hydrogen-bond acceptors (Lipinski definition) is 15. The Morgan fingerprint density at radius 1 is 0.633 bits per heavy atom. The number of rotatable bonds is 30. The van der Waals surface area contributed by atoms with Crippen LogP contribution in [0.5, 0.6) is 0 Å². The molecule has 0 bridgehead atoms. The maximum atomic E-state index is 12.4. The Hall–Kier alpha value is -4.35. The van der Waals surface area contributed by atoms with Crippen LogP contribution in [0.4, 0.5) is 4.79 Å². The first-order valence-electron chi connectivity index (χ1n) is 19.9. The highest BCUT2D eigenvalue weighted by atomic mass is 33.1. The molecular formula is C37H70N6O15S2. The first kappa shape index (κ1) is 62.3. The molecule has 0 aromatic heterocycles. The lowest BCUT2D eigenvalue weighted by molar-refractivity contribution is -0.148. The van der Waals surface area contributed by atoms with E-state index in [1.165, 1.54) is 12.8 Å². The summed E-state index contributed by atoms with van der Waals surface area (Å²) in [6, 6.07) is -4.86. The highest BCUT2D eigenvalue weighted by Gasteiger charge is 2.30. The smallest absolute Gasteiger partial charge is 0.481 e. The van der Waals surface area contributed by atoms with Crippen molar-refractivity contribution in [3.63, 3.8) is 0 Å². The number of amides is 4. The van der Waals surface area contributed by atoms with Crippen molar-refractivity contribution in [2.45, 2.75) is 138 Å². The van der Waals surface area contributed by atoms with Crippen molar-refractivity contribution in [2.24, 2.45) is 0 Å². The molecule has 0 saturated heterocycles. The molecule has 23 heteroatoms. The largest absolute Gasteiger partial charge is 0.508 e. The molecule has 0 rings (SSSR count). The maximum absolute atomic E-state index is 12.4. The molecule has 0 spiro atoms. The van der Waals surface area contributed by atoms with E-state index in [2.05, 4.69) is 33.5 Å². The van der Waals surface area contributed by atoms with Crippen LogP contribution < -0.4 is 31.9 Å². The summed E-state index contributed by atoms with van der Waals surface area (Å²) in [5.41, 5.74) is 0. The predicted molar refractivity (Wildman–Crippen MR) is 229 cm³/mol. The first-order valence-corrected chi connectivity index (χ1v) is 22.3. The van der Waals surface area contributed by atoms with E-state index in [1.54, 1.807) is 49.3 Å². The summed E-state index contributed by atoms with van der Waals surface area (Å²) in [7, 11) is 3.52. The number of nitrogens with one attached hydrogen (secondary N) is 6. The van der Waals surface area contributed by atoms with E-state index in [4.69, 9.17) is 29.9 Å². The number of ether oxygens (including phenoxy) is 2. The average Bonchev–Trinajstić information content (AvgIpc) is 3.16. The van der Waals surface area contributed by atoms with Crippen LogP contribution in [0.3, 0.4) is 0 Å². The average molecular weight is 903 g/mol. The van der Waals surface area contributed by atoms with Crippen molar-refractivity contribution >= 4 is 75.2 Å². The second-order valence-electron chi connectivity index (χ2n) is 12.4. The Morgan fingerprint density at radius 2 is 1.20 bits per heavy atom. The van der Waals surface area contributed by atoms with Crippen molar-refractivity contribution in [3.8, 4) is 0 Å². The van der Waals surface area contributed by atoms with Gasteiger partial charge in [0.05, 0.1) is 25.5 Å². The van der Waals surface area contributed by atoms with Crippen LogP contribution in [0.2, 0.25) is 0 Å². The van der Waals surface area contributed by atoms with E-state index in [-0.39, 0.29) is 31.7 Å². The van der Waals surface area contributed by atoms with Gasteiger partial charge in [-0.15, -0.1) is 0 Å². The molecule has 350 valence electrons. The molecule has 0 aliphatic carbocycles. The quantitative estimate of drug-likeness (QED) is 0.0281. The van der Waals surface area contributed by atoms with Crippen LogP contribution in [-0.4, -0.2) is 149 Å². The summed E-state index contributed by atoms with van der Waals surface area (Å²) in [4.78, 5) is 104. The summed E-state index contributed by atoms with van der Waals surface area (Å²) in [5, 5.41) is 50.5. The molecule has 0 aromatic rings. The topological polar surface area (TPSA) is 325 Å². The molecule has 0 saturated carbocycles. The molecule has 3 atom stereocenters. The highest BCUT2D eigenvalue weighted by Crippen LogP contribution is 2.19. The van der Waals surface area contributed by atoms with Crippen LogP contribution in [0.15, 0.2) is 0 Å². The summed E-state index contributed by atoms with van der Waals surface area (Å²) >= 11 is 0. The van der Waals surface area contributed by atoms with Gasteiger partial charge in [-0.2, -0.15) is 0 Å². The molecule has 21 nitrogen and oxygen atoms in total. The molecule has 0 aromatic carbocycles. The molecule has 60 heavy (non-hydrogen) atoms. The lowest BCUT2D eigenvalue weighted by atomic mass is 10.1. The Kier molecular flexibility index (Phi) is 43.0. The molecule has 0 aliphatic rings.